The molecular weight excluding hydrogens is 356 g/mol. The molecule has 1 aromatic heterocycles. The van der Waals surface area contributed by atoms with Crippen LogP contribution in [0.5, 0.6) is 5.75 Å². The molecule has 0 saturated carbocycles. The Hall–Kier alpha value is -3.06. The average molecular weight is 380 g/mol. The van der Waals surface area contributed by atoms with Crippen molar-refractivity contribution in [1.29, 1.82) is 0 Å². The van der Waals surface area contributed by atoms with E-state index in [1.165, 1.54) is 6.07 Å². The molecule has 1 fully saturated rings. The number of imidazole rings is 1. The molecule has 2 aromatic carbocycles. The molecule has 0 bridgehead atoms. The molecular formula is C21H24N4O3. The Morgan fingerprint density at radius 2 is 1.82 bits per heavy atom. The zero-order valence-corrected chi connectivity index (χ0v) is 15.6. The van der Waals surface area contributed by atoms with E-state index in [1.54, 1.807) is 18.2 Å². The van der Waals surface area contributed by atoms with Gasteiger partial charge in [-0.15, -0.1) is 0 Å². The topological polar surface area (TPSA) is 90.4 Å². The van der Waals surface area contributed by atoms with Gasteiger partial charge >= 0.3 is 5.69 Å². The second kappa shape index (κ2) is 7.90. The summed E-state index contributed by atoms with van der Waals surface area (Å²) in [5.41, 5.74) is 2.08. The number of phenolic OH excluding ortho intramolecular Hbond substituents is 1. The number of carbonyl (C=O) groups excluding carboxylic acids is 1. The summed E-state index contributed by atoms with van der Waals surface area (Å²) in [5.74, 6) is -0.275. The SMILES string of the molecule is O=C(NCCN1CCC(n2c(=O)[nH]c3ccccc32)CC1)c1ccccc1O. The number of hydrogen-bond acceptors (Lipinski definition) is 4. The number of phenols is 1. The minimum Gasteiger partial charge on any atom is -0.507 e. The fourth-order valence-corrected chi connectivity index (χ4v) is 3.93. The lowest BCUT2D eigenvalue weighted by atomic mass is 10.0. The molecule has 0 unspecified atom stereocenters. The normalized spacial score (nSPS) is 15.7. The van der Waals surface area contributed by atoms with E-state index in [9.17, 15) is 14.7 Å². The number of likely N-dealkylation sites (tertiary alicyclic amines) is 1. The molecule has 0 radical (unpaired) electrons. The van der Waals surface area contributed by atoms with Gasteiger partial charge in [-0.1, -0.05) is 24.3 Å². The van der Waals surface area contributed by atoms with Crippen LogP contribution in [0.15, 0.2) is 53.3 Å². The summed E-state index contributed by atoms with van der Waals surface area (Å²) in [5, 5.41) is 12.6. The van der Waals surface area contributed by atoms with E-state index in [1.807, 2.05) is 28.8 Å². The van der Waals surface area contributed by atoms with Gasteiger partial charge in [0.1, 0.15) is 5.75 Å². The largest absolute Gasteiger partial charge is 0.507 e. The first-order valence-electron chi connectivity index (χ1n) is 9.61. The lowest BCUT2D eigenvalue weighted by molar-refractivity contribution is 0.0941. The molecule has 1 saturated heterocycles. The number of amides is 1. The van der Waals surface area contributed by atoms with Gasteiger partial charge in [0.05, 0.1) is 16.6 Å². The maximum absolute atomic E-state index is 12.4. The number of carbonyl (C=O) groups is 1. The molecule has 3 N–H and O–H groups in total. The van der Waals surface area contributed by atoms with E-state index >= 15 is 0 Å². The maximum Gasteiger partial charge on any atom is 0.326 e. The van der Waals surface area contributed by atoms with E-state index in [0.29, 0.717) is 12.1 Å². The van der Waals surface area contributed by atoms with Gasteiger partial charge in [-0.25, -0.2) is 4.79 Å². The van der Waals surface area contributed by atoms with E-state index in [-0.39, 0.29) is 23.4 Å². The number of H-pyrrole nitrogens is 1. The Labute approximate surface area is 162 Å². The first-order valence-corrected chi connectivity index (χ1v) is 9.61. The molecule has 1 aliphatic rings. The summed E-state index contributed by atoms with van der Waals surface area (Å²) in [6.45, 7) is 3.02. The average Bonchev–Trinajstić information content (AvgIpc) is 3.04. The number of piperidine rings is 1. The summed E-state index contributed by atoms with van der Waals surface area (Å²) in [6.07, 6.45) is 1.80. The van der Waals surface area contributed by atoms with E-state index in [0.717, 1.165) is 43.5 Å². The highest BCUT2D eigenvalue weighted by molar-refractivity contribution is 5.96. The first kappa shape index (κ1) is 18.3. The molecule has 3 aromatic rings. The van der Waals surface area contributed by atoms with Crippen molar-refractivity contribution in [3.8, 4) is 5.75 Å². The molecule has 0 atom stereocenters. The van der Waals surface area contributed by atoms with Crippen LogP contribution in [0.2, 0.25) is 0 Å². The minimum atomic E-state index is -0.265. The molecule has 7 nitrogen and oxygen atoms in total. The van der Waals surface area contributed by atoms with Gasteiger partial charge in [-0.2, -0.15) is 0 Å². The molecule has 28 heavy (non-hydrogen) atoms. The van der Waals surface area contributed by atoms with Crippen LogP contribution in [0.25, 0.3) is 11.0 Å². The number of nitrogens with one attached hydrogen (secondary N) is 2. The van der Waals surface area contributed by atoms with Crippen molar-refractivity contribution in [2.24, 2.45) is 0 Å². The van der Waals surface area contributed by atoms with Crippen molar-refractivity contribution < 1.29 is 9.90 Å². The lowest BCUT2D eigenvalue weighted by Crippen LogP contribution is -2.41. The maximum atomic E-state index is 12.4. The minimum absolute atomic E-state index is 0.00927. The molecule has 2 heterocycles. The molecule has 1 amide bonds. The fraction of sp³-hybridized carbons (Fsp3) is 0.333. The van der Waals surface area contributed by atoms with Gasteiger partial charge in [-0.05, 0) is 37.1 Å². The first-order chi connectivity index (χ1) is 13.6. The smallest absolute Gasteiger partial charge is 0.326 e. The van der Waals surface area contributed by atoms with Gasteiger partial charge < -0.3 is 20.3 Å². The zero-order chi connectivity index (χ0) is 19.5. The third kappa shape index (κ3) is 3.66. The third-order valence-corrected chi connectivity index (χ3v) is 5.41. The quantitative estimate of drug-likeness (QED) is 0.632. The molecule has 0 aliphatic carbocycles. The van der Waals surface area contributed by atoms with E-state index in [2.05, 4.69) is 15.2 Å². The third-order valence-electron chi connectivity index (χ3n) is 5.41. The van der Waals surface area contributed by atoms with Crippen molar-refractivity contribution in [3.63, 3.8) is 0 Å². The summed E-state index contributed by atoms with van der Waals surface area (Å²) in [7, 11) is 0. The lowest BCUT2D eigenvalue weighted by Gasteiger charge is -2.32. The van der Waals surface area contributed by atoms with Crippen LogP contribution in [-0.2, 0) is 0 Å². The molecule has 4 rings (SSSR count). The van der Waals surface area contributed by atoms with Gasteiger partial charge in [-0.3, -0.25) is 9.36 Å². The number of aromatic amines is 1. The number of aromatic nitrogens is 2. The standard InChI is InChI=1S/C21H24N4O3/c26-19-8-4-1-5-16(19)20(27)22-11-14-24-12-9-15(10-13-24)25-18-7-3-2-6-17(18)23-21(25)28/h1-8,15,26H,9-14H2,(H,22,27)(H,23,28). The monoisotopic (exact) mass is 380 g/mol. The number of hydrogen-bond donors (Lipinski definition) is 3. The number of benzene rings is 2. The fourth-order valence-electron chi connectivity index (χ4n) is 3.93. The Morgan fingerprint density at radius 1 is 1.11 bits per heavy atom. The van der Waals surface area contributed by atoms with Crippen molar-refractivity contribution >= 4 is 16.9 Å². The Balaban J connectivity index is 1.30. The van der Waals surface area contributed by atoms with Crippen LogP contribution in [-0.4, -0.2) is 51.6 Å². The van der Waals surface area contributed by atoms with Crippen LogP contribution < -0.4 is 11.0 Å². The van der Waals surface area contributed by atoms with Crippen LogP contribution >= 0.6 is 0 Å². The van der Waals surface area contributed by atoms with E-state index in [4.69, 9.17) is 0 Å². The Bertz CT molecular complexity index is 1030. The van der Waals surface area contributed by atoms with Gasteiger partial charge in [0.15, 0.2) is 0 Å². The van der Waals surface area contributed by atoms with Gasteiger partial charge in [0.2, 0.25) is 0 Å². The summed E-state index contributed by atoms with van der Waals surface area (Å²) in [4.78, 5) is 29.7. The van der Waals surface area contributed by atoms with Crippen LogP contribution in [0.3, 0.4) is 0 Å². The molecule has 1 aliphatic heterocycles. The van der Waals surface area contributed by atoms with Crippen LogP contribution in [0.1, 0.15) is 29.2 Å². The Kier molecular flexibility index (Phi) is 5.16. The summed E-state index contributed by atoms with van der Waals surface area (Å²) < 4.78 is 1.88. The number of para-hydroxylation sites is 3. The molecule has 0 spiro atoms. The van der Waals surface area contributed by atoms with Crippen molar-refractivity contribution in [1.82, 2.24) is 19.8 Å². The number of fused-ring (bicyclic) bond motifs is 1. The van der Waals surface area contributed by atoms with E-state index < -0.39 is 0 Å². The van der Waals surface area contributed by atoms with Gasteiger partial charge in [0.25, 0.3) is 5.91 Å². The molecule has 7 heteroatoms. The zero-order valence-electron chi connectivity index (χ0n) is 15.6. The van der Waals surface area contributed by atoms with Crippen molar-refractivity contribution in [2.45, 2.75) is 18.9 Å². The summed E-state index contributed by atoms with van der Waals surface area (Å²) >= 11 is 0. The van der Waals surface area contributed by atoms with Crippen LogP contribution in [0.4, 0.5) is 0 Å². The number of aromatic hydroxyl groups is 1. The highest BCUT2D eigenvalue weighted by Crippen LogP contribution is 2.24. The van der Waals surface area contributed by atoms with Crippen molar-refractivity contribution in [3.05, 3.63) is 64.6 Å². The molecule has 146 valence electrons. The highest BCUT2D eigenvalue weighted by Gasteiger charge is 2.23. The van der Waals surface area contributed by atoms with Crippen molar-refractivity contribution in [2.75, 3.05) is 26.2 Å². The predicted molar refractivity (Wildman–Crippen MR) is 108 cm³/mol. The predicted octanol–water partition coefficient (Wildman–Crippen LogP) is 2.10. The van der Waals surface area contributed by atoms with Crippen LogP contribution in [0, 0.1) is 0 Å². The summed E-state index contributed by atoms with van der Waals surface area (Å²) in [6, 6.07) is 14.5. The second-order valence-electron chi connectivity index (χ2n) is 7.16. The Morgan fingerprint density at radius 3 is 2.61 bits per heavy atom. The highest BCUT2D eigenvalue weighted by atomic mass is 16.3. The van der Waals surface area contributed by atoms with Gasteiger partial charge in [0, 0.05) is 32.2 Å². The number of rotatable bonds is 5. The number of nitrogens with zero attached hydrogens (tertiary/aromatic N) is 2. The second-order valence-corrected chi connectivity index (χ2v) is 7.16.